The molecule has 0 fully saturated rings. The molecule has 1 aromatic rings. The number of carbonyl (C=O) groups is 1. The molecule has 3 nitrogen and oxygen atoms in total. The Morgan fingerprint density at radius 1 is 1.38 bits per heavy atom. The standard InChI is InChI=1S/C12H16N2O.ClH/c1-9(13)12(15)14-7-6-10-4-2-3-5-11(10)8-14;/h2-5,9H,6-8,13H2,1H3;1H/t9-;/m0./s1. The van der Waals surface area contributed by atoms with Crippen LogP contribution in [-0.2, 0) is 17.8 Å². The predicted molar refractivity (Wildman–Crippen MR) is 66.5 cm³/mol. The smallest absolute Gasteiger partial charge is 0.239 e. The van der Waals surface area contributed by atoms with Gasteiger partial charge < -0.3 is 10.6 Å². The van der Waals surface area contributed by atoms with Crippen molar-refractivity contribution in [3.05, 3.63) is 35.4 Å². The first-order chi connectivity index (χ1) is 7.18. The van der Waals surface area contributed by atoms with E-state index in [1.54, 1.807) is 6.92 Å². The summed E-state index contributed by atoms with van der Waals surface area (Å²) in [7, 11) is 0. The van der Waals surface area contributed by atoms with Crippen molar-refractivity contribution in [2.45, 2.75) is 25.9 Å². The molecule has 4 heteroatoms. The first kappa shape index (κ1) is 13.0. The minimum Gasteiger partial charge on any atom is -0.337 e. The van der Waals surface area contributed by atoms with Gasteiger partial charge in [0.1, 0.15) is 0 Å². The van der Waals surface area contributed by atoms with Gasteiger partial charge in [0, 0.05) is 13.1 Å². The summed E-state index contributed by atoms with van der Waals surface area (Å²) in [5.41, 5.74) is 8.20. The Morgan fingerprint density at radius 3 is 2.62 bits per heavy atom. The highest BCUT2D eigenvalue weighted by Crippen LogP contribution is 2.18. The zero-order valence-electron chi connectivity index (χ0n) is 9.35. The van der Waals surface area contributed by atoms with Crippen LogP contribution in [0, 0.1) is 0 Å². The van der Waals surface area contributed by atoms with Crippen LogP contribution in [0.3, 0.4) is 0 Å². The lowest BCUT2D eigenvalue weighted by atomic mass is 9.99. The molecule has 1 aliphatic rings. The van der Waals surface area contributed by atoms with E-state index in [4.69, 9.17) is 5.73 Å². The minimum absolute atomic E-state index is 0. The summed E-state index contributed by atoms with van der Waals surface area (Å²) in [6, 6.07) is 7.87. The number of nitrogens with zero attached hydrogens (tertiary/aromatic N) is 1. The zero-order valence-corrected chi connectivity index (χ0v) is 10.2. The van der Waals surface area contributed by atoms with Gasteiger partial charge in [-0.1, -0.05) is 24.3 Å². The molecular weight excluding hydrogens is 224 g/mol. The molecule has 0 bridgehead atoms. The molecule has 1 amide bonds. The number of benzene rings is 1. The lowest BCUT2D eigenvalue weighted by Crippen LogP contribution is -2.44. The maximum atomic E-state index is 11.7. The van der Waals surface area contributed by atoms with Crippen molar-refractivity contribution in [2.75, 3.05) is 6.54 Å². The highest BCUT2D eigenvalue weighted by molar-refractivity contribution is 5.85. The van der Waals surface area contributed by atoms with Gasteiger partial charge in [-0.3, -0.25) is 4.79 Å². The molecule has 16 heavy (non-hydrogen) atoms. The molecule has 0 saturated carbocycles. The molecule has 88 valence electrons. The molecule has 1 aliphatic heterocycles. The van der Waals surface area contributed by atoms with E-state index in [9.17, 15) is 4.79 Å². The molecule has 2 N–H and O–H groups in total. The molecule has 0 aliphatic carbocycles. The topological polar surface area (TPSA) is 46.3 Å². The molecular formula is C12H17ClN2O. The molecule has 0 aromatic heterocycles. The second-order valence-corrected chi connectivity index (χ2v) is 4.07. The summed E-state index contributed by atoms with van der Waals surface area (Å²) < 4.78 is 0. The predicted octanol–water partition coefficient (Wildman–Crippen LogP) is 1.34. The maximum Gasteiger partial charge on any atom is 0.239 e. The summed E-state index contributed by atoms with van der Waals surface area (Å²) >= 11 is 0. The van der Waals surface area contributed by atoms with E-state index in [0.29, 0.717) is 6.54 Å². The highest BCUT2D eigenvalue weighted by Gasteiger charge is 2.22. The van der Waals surface area contributed by atoms with Crippen molar-refractivity contribution < 1.29 is 4.79 Å². The van der Waals surface area contributed by atoms with E-state index >= 15 is 0 Å². The second kappa shape index (κ2) is 5.32. The van der Waals surface area contributed by atoms with Gasteiger partial charge in [0.25, 0.3) is 0 Å². The number of fused-ring (bicyclic) bond motifs is 1. The fourth-order valence-corrected chi connectivity index (χ4v) is 1.97. The Bertz CT molecular complexity index is 379. The monoisotopic (exact) mass is 240 g/mol. The van der Waals surface area contributed by atoms with Gasteiger partial charge >= 0.3 is 0 Å². The summed E-state index contributed by atoms with van der Waals surface area (Å²) in [6.45, 7) is 3.23. The van der Waals surface area contributed by atoms with Gasteiger partial charge in [-0.2, -0.15) is 0 Å². The summed E-state index contributed by atoms with van der Waals surface area (Å²) in [5, 5.41) is 0. The van der Waals surface area contributed by atoms with Crippen LogP contribution in [0.15, 0.2) is 24.3 Å². The van der Waals surface area contributed by atoms with Gasteiger partial charge in [0.15, 0.2) is 0 Å². The number of nitrogens with two attached hydrogens (primary N) is 1. The molecule has 1 heterocycles. The Kier molecular flexibility index (Phi) is 4.33. The molecule has 0 radical (unpaired) electrons. The van der Waals surface area contributed by atoms with Crippen molar-refractivity contribution in [3.8, 4) is 0 Å². The van der Waals surface area contributed by atoms with Crippen LogP contribution in [0.25, 0.3) is 0 Å². The summed E-state index contributed by atoms with van der Waals surface area (Å²) in [5.74, 6) is 0.0458. The van der Waals surface area contributed by atoms with E-state index in [1.807, 2.05) is 17.0 Å². The second-order valence-electron chi connectivity index (χ2n) is 4.07. The number of carbonyl (C=O) groups excluding carboxylic acids is 1. The number of hydrogen-bond donors (Lipinski definition) is 1. The lowest BCUT2D eigenvalue weighted by molar-refractivity contribution is -0.133. The fourth-order valence-electron chi connectivity index (χ4n) is 1.97. The first-order valence-electron chi connectivity index (χ1n) is 5.29. The fraction of sp³-hybridized carbons (Fsp3) is 0.417. The molecule has 1 aromatic carbocycles. The van der Waals surface area contributed by atoms with Crippen molar-refractivity contribution in [3.63, 3.8) is 0 Å². The van der Waals surface area contributed by atoms with Crippen molar-refractivity contribution >= 4 is 18.3 Å². The van der Waals surface area contributed by atoms with Gasteiger partial charge in [-0.25, -0.2) is 0 Å². The SMILES string of the molecule is C[C@H](N)C(=O)N1CCc2ccccc2C1.Cl. The quantitative estimate of drug-likeness (QED) is 0.805. The van der Waals surface area contributed by atoms with Crippen LogP contribution < -0.4 is 5.73 Å². The normalized spacial score (nSPS) is 16.0. The third-order valence-corrected chi connectivity index (χ3v) is 2.83. The van der Waals surface area contributed by atoms with Crippen LogP contribution in [0.1, 0.15) is 18.1 Å². The van der Waals surface area contributed by atoms with Crippen molar-refractivity contribution in [1.82, 2.24) is 4.90 Å². The van der Waals surface area contributed by atoms with E-state index < -0.39 is 6.04 Å². The van der Waals surface area contributed by atoms with Gasteiger partial charge in [0.05, 0.1) is 6.04 Å². The van der Waals surface area contributed by atoms with Crippen molar-refractivity contribution in [1.29, 1.82) is 0 Å². The highest BCUT2D eigenvalue weighted by atomic mass is 35.5. The number of amides is 1. The molecule has 2 rings (SSSR count). The van der Waals surface area contributed by atoms with Gasteiger partial charge in [0.2, 0.25) is 5.91 Å². The molecule has 0 saturated heterocycles. The number of hydrogen-bond acceptors (Lipinski definition) is 2. The van der Waals surface area contributed by atoms with Crippen LogP contribution in [0.4, 0.5) is 0 Å². The van der Waals surface area contributed by atoms with E-state index in [0.717, 1.165) is 13.0 Å². The molecule has 1 atom stereocenters. The maximum absolute atomic E-state index is 11.7. The summed E-state index contributed by atoms with van der Waals surface area (Å²) in [6.07, 6.45) is 0.939. The van der Waals surface area contributed by atoms with Crippen LogP contribution in [-0.4, -0.2) is 23.4 Å². The average molecular weight is 241 g/mol. The van der Waals surface area contributed by atoms with Crippen molar-refractivity contribution in [2.24, 2.45) is 5.73 Å². The summed E-state index contributed by atoms with van der Waals surface area (Å²) in [4.78, 5) is 13.5. The molecule has 0 spiro atoms. The molecule has 0 unspecified atom stereocenters. The van der Waals surface area contributed by atoms with E-state index in [1.165, 1.54) is 11.1 Å². The first-order valence-corrected chi connectivity index (χ1v) is 5.29. The lowest BCUT2D eigenvalue weighted by Gasteiger charge is -2.30. The Hall–Kier alpha value is -1.06. The van der Waals surface area contributed by atoms with E-state index in [2.05, 4.69) is 12.1 Å². The number of halogens is 1. The number of rotatable bonds is 1. The minimum atomic E-state index is -0.393. The Morgan fingerprint density at radius 2 is 2.00 bits per heavy atom. The van der Waals surface area contributed by atoms with Crippen LogP contribution in [0.5, 0.6) is 0 Å². The van der Waals surface area contributed by atoms with Gasteiger partial charge in [-0.05, 0) is 24.5 Å². The van der Waals surface area contributed by atoms with Crippen LogP contribution >= 0.6 is 12.4 Å². The third-order valence-electron chi connectivity index (χ3n) is 2.83. The Balaban J connectivity index is 0.00000128. The largest absolute Gasteiger partial charge is 0.337 e. The third kappa shape index (κ3) is 2.54. The Labute approximate surface area is 102 Å². The zero-order chi connectivity index (χ0) is 10.8. The van der Waals surface area contributed by atoms with Crippen LogP contribution in [0.2, 0.25) is 0 Å². The van der Waals surface area contributed by atoms with E-state index in [-0.39, 0.29) is 18.3 Å². The van der Waals surface area contributed by atoms with Gasteiger partial charge in [-0.15, -0.1) is 12.4 Å². The average Bonchev–Trinajstić information content (AvgIpc) is 2.27.